The molecule has 3 heteroatoms. The Bertz CT molecular complexity index is 450. The van der Waals surface area contributed by atoms with Crippen molar-refractivity contribution in [1.82, 2.24) is 4.98 Å². The normalized spacial score (nSPS) is 14.7. The van der Waals surface area contributed by atoms with Crippen LogP contribution in [0.15, 0.2) is 41.1 Å². The van der Waals surface area contributed by atoms with Crippen molar-refractivity contribution in [1.29, 1.82) is 0 Å². The van der Waals surface area contributed by atoms with Gasteiger partial charge in [0.2, 0.25) is 0 Å². The molecule has 0 saturated carbocycles. The van der Waals surface area contributed by atoms with Crippen molar-refractivity contribution in [3.63, 3.8) is 0 Å². The zero-order valence-corrected chi connectivity index (χ0v) is 9.55. The van der Waals surface area contributed by atoms with Crippen molar-refractivity contribution in [3.8, 4) is 0 Å². The van der Waals surface area contributed by atoms with Gasteiger partial charge in [-0.05, 0) is 30.7 Å². The molecule has 2 heterocycles. The molecule has 0 fully saturated rings. The van der Waals surface area contributed by atoms with Crippen LogP contribution >= 0.6 is 0 Å². The third kappa shape index (κ3) is 1.99. The Morgan fingerprint density at radius 2 is 2.12 bits per heavy atom. The molecule has 0 saturated heterocycles. The van der Waals surface area contributed by atoms with Gasteiger partial charge >= 0.3 is 0 Å². The van der Waals surface area contributed by atoms with Gasteiger partial charge in [0, 0.05) is 17.8 Å². The first-order chi connectivity index (χ1) is 7.70. The van der Waals surface area contributed by atoms with Gasteiger partial charge in [-0.25, -0.2) is 0 Å². The van der Waals surface area contributed by atoms with Crippen LogP contribution in [0.4, 0.5) is 0 Å². The van der Waals surface area contributed by atoms with Crippen molar-refractivity contribution < 1.29 is 4.42 Å². The third-order valence-electron chi connectivity index (χ3n) is 2.90. The van der Waals surface area contributed by atoms with Gasteiger partial charge < -0.3 is 10.2 Å². The number of rotatable bonds is 3. The van der Waals surface area contributed by atoms with Crippen LogP contribution < -0.4 is 5.73 Å². The fraction of sp³-hybridized carbons (Fsp3) is 0.308. The molecule has 84 valence electrons. The van der Waals surface area contributed by atoms with Crippen LogP contribution in [0.25, 0.3) is 0 Å². The topological polar surface area (TPSA) is 52.0 Å². The number of furan rings is 1. The Morgan fingerprint density at radius 3 is 2.69 bits per heavy atom. The van der Waals surface area contributed by atoms with Crippen molar-refractivity contribution in [2.75, 3.05) is 0 Å². The zero-order valence-electron chi connectivity index (χ0n) is 9.55. The molecular weight excluding hydrogens is 200 g/mol. The summed E-state index contributed by atoms with van der Waals surface area (Å²) >= 11 is 0. The summed E-state index contributed by atoms with van der Waals surface area (Å²) in [4.78, 5) is 4.32. The summed E-state index contributed by atoms with van der Waals surface area (Å²) in [5.74, 6) is 0.990. The lowest BCUT2D eigenvalue weighted by atomic mass is 9.95. The standard InChI is InChI=1S/C13H16N2O/c1-9-6-8-16-13(9)12(14)10(2)11-5-3-4-7-15-11/h3-8,10,12H,14H2,1-2H3. The van der Waals surface area contributed by atoms with Crippen LogP contribution in [0.3, 0.4) is 0 Å². The first-order valence-electron chi connectivity index (χ1n) is 5.40. The molecule has 16 heavy (non-hydrogen) atoms. The minimum absolute atomic E-state index is 0.144. The van der Waals surface area contributed by atoms with Crippen LogP contribution in [0.1, 0.15) is 35.9 Å². The second-order valence-corrected chi connectivity index (χ2v) is 4.04. The van der Waals surface area contributed by atoms with Crippen molar-refractivity contribution in [2.24, 2.45) is 5.73 Å². The Balaban J connectivity index is 2.23. The van der Waals surface area contributed by atoms with Crippen LogP contribution in [0.5, 0.6) is 0 Å². The predicted molar refractivity (Wildman–Crippen MR) is 63.0 cm³/mol. The first kappa shape index (κ1) is 10.9. The molecule has 0 aliphatic rings. The second kappa shape index (κ2) is 4.49. The molecule has 2 aromatic heterocycles. The molecule has 0 spiro atoms. The number of aromatic nitrogens is 1. The van der Waals surface area contributed by atoms with Crippen molar-refractivity contribution >= 4 is 0 Å². The van der Waals surface area contributed by atoms with Gasteiger partial charge in [-0.15, -0.1) is 0 Å². The van der Waals surface area contributed by atoms with Gasteiger partial charge in [0.15, 0.2) is 0 Å². The highest BCUT2D eigenvalue weighted by molar-refractivity contribution is 5.22. The van der Waals surface area contributed by atoms with Gasteiger partial charge in [-0.2, -0.15) is 0 Å². The molecule has 3 nitrogen and oxygen atoms in total. The molecule has 2 rings (SSSR count). The van der Waals surface area contributed by atoms with Gasteiger partial charge in [-0.3, -0.25) is 4.98 Å². The van der Waals surface area contributed by atoms with E-state index in [0.29, 0.717) is 0 Å². The van der Waals surface area contributed by atoms with Crippen molar-refractivity contribution in [3.05, 3.63) is 53.7 Å². The van der Waals surface area contributed by atoms with Gasteiger partial charge in [0.25, 0.3) is 0 Å². The lowest BCUT2D eigenvalue weighted by Gasteiger charge is -2.18. The van der Waals surface area contributed by atoms with Gasteiger partial charge in [0.1, 0.15) is 5.76 Å². The summed E-state index contributed by atoms with van der Waals surface area (Å²) in [6.45, 7) is 4.07. The summed E-state index contributed by atoms with van der Waals surface area (Å²) in [7, 11) is 0. The number of hydrogen-bond acceptors (Lipinski definition) is 3. The average molecular weight is 216 g/mol. The first-order valence-corrected chi connectivity index (χ1v) is 5.40. The quantitative estimate of drug-likeness (QED) is 0.858. The monoisotopic (exact) mass is 216 g/mol. The molecular formula is C13H16N2O. The van der Waals surface area contributed by atoms with Gasteiger partial charge in [0.05, 0.1) is 12.3 Å². The molecule has 0 radical (unpaired) electrons. The van der Waals surface area contributed by atoms with E-state index in [2.05, 4.69) is 11.9 Å². The minimum Gasteiger partial charge on any atom is -0.467 e. The number of aryl methyl sites for hydroxylation is 1. The number of pyridine rings is 1. The zero-order chi connectivity index (χ0) is 11.5. The molecule has 2 aromatic rings. The lowest BCUT2D eigenvalue weighted by molar-refractivity contribution is 0.429. The number of nitrogens with two attached hydrogens (primary N) is 1. The molecule has 0 aromatic carbocycles. The highest BCUT2D eigenvalue weighted by Crippen LogP contribution is 2.29. The summed E-state index contributed by atoms with van der Waals surface area (Å²) in [5, 5.41) is 0. The van der Waals surface area contributed by atoms with Crippen LogP contribution in [0, 0.1) is 6.92 Å². The van der Waals surface area contributed by atoms with E-state index in [1.807, 2.05) is 31.2 Å². The highest BCUT2D eigenvalue weighted by Gasteiger charge is 2.21. The van der Waals surface area contributed by atoms with E-state index >= 15 is 0 Å². The molecule has 2 atom stereocenters. The van der Waals surface area contributed by atoms with E-state index in [4.69, 9.17) is 10.2 Å². The average Bonchev–Trinajstić information content (AvgIpc) is 2.75. The van der Waals surface area contributed by atoms with E-state index < -0.39 is 0 Å². The smallest absolute Gasteiger partial charge is 0.124 e. The third-order valence-corrected chi connectivity index (χ3v) is 2.90. The minimum atomic E-state index is -0.148. The largest absolute Gasteiger partial charge is 0.467 e. The Hall–Kier alpha value is -1.61. The maximum atomic E-state index is 6.18. The summed E-state index contributed by atoms with van der Waals surface area (Å²) in [6.07, 6.45) is 3.46. The molecule has 0 amide bonds. The van der Waals surface area contributed by atoms with E-state index in [9.17, 15) is 0 Å². The van der Waals surface area contributed by atoms with E-state index in [1.165, 1.54) is 0 Å². The van der Waals surface area contributed by atoms with E-state index in [1.54, 1.807) is 12.5 Å². The molecule has 0 aliphatic heterocycles. The molecule has 2 N–H and O–H groups in total. The van der Waals surface area contributed by atoms with Crippen molar-refractivity contribution in [2.45, 2.75) is 25.8 Å². The molecule has 0 aliphatic carbocycles. The summed E-state index contributed by atoms with van der Waals surface area (Å²) in [6, 6.07) is 7.65. The predicted octanol–water partition coefficient (Wildman–Crippen LogP) is 2.79. The highest BCUT2D eigenvalue weighted by atomic mass is 16.3. The second-order valence-electron chi connectivity index (χ2n) is 4.04. The van der Waals surface area contributed by atoms with E-state index in [-0.39, 0.29) is 12.0 Å². The Kier molecular flexibility index (Phi) is 3.06. The fourth-order valence-electron chi connectivity index (χ4n) is 1.78. The molecule has 2 unspecified atom stereocenters. The van der Waals surface area contributed by atoms with Crippen LogP contribution in [0.2, 0.25) is 0 Å². The summed E-state index contributed by atoms with van der Waals surface area (Å²) in [5.41, 5.74) is 8.27. The fourth-order valence-corrected chi connectivity index (χ4v) is 1.78. The van der Waals surface area contributed by atoms with Crippen LogP contribution in [-0.2, 0) is 0 Å². The maximum absolute atomic E-state index is 6.18. The van der Waals surface area contributed by atoms with E-state index in [0.717, 1.165) is 17.0 Å². The SMILES string of the molecule is Cc1ccoc1C(N)C(C)c1ccccn1. The van der Waals surface area contributed by atoms with Crippen LogP contribution in [-0.4, -0.2) is 4.98 Å². The maximum Gasteiger partial charge on any atom is 0.124 e. The number of hydrogen-bond donors (Lipinski definition) is 1. The molecule has 0 bridgehead atoms. The lowest BCUT2D eigenvalue weighted by Crippen LogP contribution is -2.18. The Labute approximate surface area is 95.3 Å². The summed E-state index contributed by atoms with van der Waals surface area (Å²) < 4.78 is 5.42. The van der Waals surface area contributed by atoms with Gasteiger partial charge in [-0.1, -0.05) is 13.0 Å². The number of nitrogens with zero attached hydrogens (tertiary/aromatic N) is 1. The Morgan fingerprint density at radius 1 is 1.31 bits per heavy atom.